The van der Waals surface area contributed by atoms with Crippen molar-refractivity contribution in [3.63, 3.8) is 0 Å². The van der Waals surface area contributed by atoms with Gasteiger partial charge in [-0.3, -0.25) is 9.78 Å². The van der Waals surface area contributed by atoms with Gasteiger partial charge in [-0.05, 0) is 58.9 Å². The van der Waals surface area contributed by atoms with E-state index >= 15 is 0 Å². The number of carbonyl (C=O) groups excluding carboxylic acids is 2. The first kappa shape index (κ1) is 26.9. The zero-order valence-corrected chi connectivity index (χ0v) is 21.3. The van der Waals surface area contributed by atoms with E-state index in [9.17, 15) is 27.7 Å². The molecule has 0 spiro atoms. The molecule has 1 aliphatic heterocycles. The number of hydrogen-bond donors (Lipinski definition) is 1. The van der Waals surface area contributed by atoms with Crippen LogP contribution >= 0.6 is 0 Å². The maximum atomic E-state index is 14.4. The van der Waals surface area contributed by atoms with Gasteiger partial charge in [-0.2, -0.15) is 5.26 Å². The zero-order chi connectivity index (χ0) is 26.8. The molecule has 0 bridgehead atoms. The first-order chi connectivity index (χ1) is 16.7. The number of benzene rings is 1. The van der Waals surface area contributed by atoms with E-state index in [4.69, 9.17) is 9.47 Å². The van der Waals surface area contributed by atoms with Crippen LogP contribution in [-0.2, 0) is 25.9 Å². The van der Waals surface area contributed by atoms with Gasteiger partial charge in [0.1, 0.15) is 29.3 Å². The molecule has 0 radical (unpaired) electrons. The Bertz CT molecular complexity index is 1310. The van der Waals surface area contributed by atoms with E-state index < -0.39 is 55.5 Å². The number of fused-ring (bicyclic) bond motifs is 1. The number of nitrogens with one attached hydrogen (secondary N) is 1. The van der Waals surface area contributed by atoms with Crippen LogP contribution in [0, 0.1) is 17.1 Å². The number of rotatable bonds is 5. The van der Waals surface area contributed by atoms with Crippen LogP contribution in [0.4, 0.5) is 14.9 Å². The molecule has 1 N–H and O–H groups in total. The molecule has 2 amide bonds. The van der Waals surface area contributed by atoms with Gasteiger partial charge >= 0.3 is 6.09 Å². The normalized spacial score (nSPS) is 17.1. The lowest BCUT2D eigenvalue weighted by Crippen LogP contribution is -2.51. The van der Waals surface area contributed by atoms with E-state index in [1.54, 1.807) is 39.0 Å². The number of hydrogen-bond acceptors (Lipinski definition) is 8. The summed E-state index contributed by atoms with van der Waals surface area (Å²) in [5.74, 6) is -2.16. The fourth-order valence-corrected chi connectivity index (χ4v) is 5.12. The van der Waals surface area contributed by atoms with Gasteiger partial charge in [0, 0.05) is 0 Å². The van der Waals surface area contributed by atoms with Crippen molar-refractivity contribution in [2.75, 3.05) is 10.7 Å². The fraction of sp³-hybridized carbons (Fsp3) is 0.417. The average molecular weight is 519 g/mol. The van der Waals surface area contributed by atoms with Gasteiger partial charge < -0.3 is 19.7 Å². The summed E-state index contributed by atoms with van der Waals surface area (Å²) in [6.07, 6.45) is 0.386. The molecule has 0 fully saturated rings. The average Bonchev–Trinajstić information content (AvgIpc) is 2.82. The van der Waals surface area contributed by atoms with E-state index in [0.717, 1.165) is 11.0 Å². The summed E-state index contributed by atoms with van der Waals surface area (Å²) in [6.45, 7) is 8.34. The number of nitriles is 1. The van der Waals surface area contributed by atoms with E-state index in [-0.39, 0.29) is 18.3 Å². The Morgan fingerprint density at radius 1 is 1.33 bits per heavy atom. The topological polar surface area (TPSA) is 139 Å². The van der Waals surface area contributed by atoms with Gasteiger partial charge in [0.2, 0.25) is 0 Å². The first-order valence-electron chi connectivity index (χ1n) is 11.1. The second-order valence-corrected chi connectivity index (χ2v) is 11.5. The van der Waals surface area contributed by atoms with Crippen LogP contribution in [0.1, 0.15) is 45.9 Å². The maximum absolute atomic E-state index is 14.4. The van der Waals surface area contributed by atoms with Crippen molar-refractivity contribution in [2.24, 2.45) is 0 Å². The van der Waals surface area contributed by atoms with Gasteiger partial charge in [0.15, 0.2) is 9.84 Å². The smallest absolute Gasteiger partial charge is 0.408 e. The Morgan fingerprint density at radius 2 is 2.03 bits per heavy atom. The molecule has 10 nitrogen and oxygen atoms in total. The van der Waals surface area contributed by atoms with Crippen molar-refractivity contribution in [3.8, 4) is 11.8 Å². The third kappa shape index (κ3) is 6.28. The minimum Gasteiger partial charge on any atom is -0.489 e. The van der Waals surface area contributed by atoms with Crippen LogP contribution in [0.15, 0.2) is 35.4 Å². The first-order valence-corrected chi connectivity index (χ1v) is 12.7. The maximum Gasteiger partial charge on any atom is 0.408 e. The van der Waals surface area contributed by atoms with Gasteiger partial charge in [-0.25, -0.2) is 17.6 Å². The highest BCUT2D eigenvalue weighted by molar-refractivity contribution is 7.91. The minimum absolute atomic E-state index is 0.0825. The van der Waals surface area contributed by atoms with Gasteiger partial charge in [0.05, 0.1) is 46.4 Å². The highest BCUT2D eigenvalue weighted by Gasteiger charge is 2.40. The largest absolute Gasteiger partial charge is 0.489 e. The molecule has 0 unspecified atom stereocenters. The Balaban J connectivity index is 2.07. The van der Waals surface area contributed by atoms with Crippen molar-refractivity contribution < 1.29 is 31.9 Å². The fourth-order valence-electron chi connectivity index (χ4n) is 3.50. The van der Waals surface area contributed by atoms with Crippen LogP contribution < -0.4 is 15.0 Å². The molecule has 1 atom stereocenters. The lowest BCUT2D eigenvalue weighted by molar-refractivity contribution is -0.120. The van der Waals surface area contributed by atoms with E-state index in [1.165, 1.54) is 6.20 Å². The molecule has 192 valence electrons. The molecule has 12 heteroatoms. The summed E-state index contributed by atoms with van der Waals surface area (Å²) < 4.78 is 51.5. The van der Waals surface area contributed by atoms with E-state index in [1.807, 2.05) is 13.8 Å². The molecule has 0 aliphatic carbocycles. The second kappa shape index (κ2) is 10.1. The van der Waals surface area contributed by atoms with Crippen molar-refractivity contribution in [1.82, 2.24) is 10.3 Å². The highest BCUT2D eigenvalue weighted by atomic mass is 32.2. The summed E-state index contributed by atoms with van der Waals surface area (Å²) in [5.41, 5.74) is -1.15. The number of halogens is 1. The standard InChI is InChI=1S/C24H27FN4O6S/c1-14(2)34-17-7-6-16(27-11-17)12-29-20-8-15(10-26)18(25)9-21(20)36(32,33)13-19(22(29)30)28-23(31)35-24(3,4)5/h6-9,11,14,19H,12-13H2,1-5H3,(H,28,31)/t19-/m0/s1. The van der Waals surface area contributed by atoms with E-state index in [2.05, 4.69) is 10.3 Å². The van der Waals surface area contributed by atoms with Crippen molar-refractivity contribution >= 4 is 27.5 Å². The molecule has 1 aromatic carbocycles. The SMILES string of the molecule is CC(C)Oc1ccc(CN2C(=O)[C@@H](NC(=O)OC(C)(C)C)CS(=O)(=O)c3cc(F)c(C#N)cc32)nc1. The van der Waals surface area contributed by atoms with Crippen molar-refractivity contribution in [1.29, 1.82) is 5.26 Å². The van der Waals surface area contributed by atoms with Crippen LogP contribution in [0.3, 0.4) is 0 Å². The molecule has 0 saturated heterocycles. The number of sulfone groups is 1. The second-order valence-electron chi connectivity index (χ2n) is 9.47. The van der Waals surface area contributed by atoms with Crippen molar-refractivity contribution in [3.05, 3.63) is 47.5 Å². The summed E-state index contributed by atoms with van der Waals surface area (Å²) in [5, 5.41) is 11.6. The Morgan fingerprint density at radius 3 is 2.58 bits per heavy atom. The number of aromatic nitrogens is 1. The van der Waals surface area contributed by atoms with Crippen LogP contribution in [0.5, 0.6) is 5.75 Å². The molecule has 1 aliphatic rings. The van der Waals surface area contributed by atoms with E-state index in [0.29, 0.717) is 17.5 Å². The van der Waals surface area contributed by atoms with Crippen LogP contribution in [0.25, 0.3) is 0 Å². The van der Waals surface area contributed by atoms with Crippen molar-refractivity contribution in [2.45, 2.75) is 63.8 Å². The third-order valence-electron chi connectivity index (χ3n) is 4.93. The minimum atomic E-state index is -4.27. The number of nitrogens with zero attached hydrogens (tertiary/aromatic N) is 3. The molecule has 0 saturated carbocycles. The molecule has 2 aromatic rings. The quantitative estimate of drug-likeness (QED) is 0.637. The molecular formula is C24H27FN4O6S. The Hall–Kier alpha value is -3.72. The lowest BCUT2D eigenvalue weighted by Gasteiger charge is -2.26. The summed E-state index contributed by atoms with van der Waals surface area (Å²) in [7, 11) is -4.27. The Labute approximate surface area is 208 Å². The highest BCUT2D eigenvalue weighted by Crippen LogP contribution is 2.34. The number of anilines is 1. The monoisotopic (exact) mass is 518 g/mol. The predicted molar refractivity (Wildman–Crippen MR) is 128 cm³/mol. The zero-order valence-electron chi connectivity index (χ0n) is 20.5. The summed E-state index contributed by atoms with van der Waals surface area (Å²) in [4.78, 5) is 30.8. The van der Waals surface area contributed by atoms with Crippen LogP contribution in [0.2, 0.25) is 0 Å². The molecule has 1 aromatic heterocycles. The third-order valence-corrected chi connectivity index (χ3v) is 6.69. The molecule has 2 heterocycles. The van der Waals surface area contributed by atoms with Gasteiger partial charge in [-0.1, -0.05) is 0 Å². The number of alkyl carbamates (subject to hydrolysis) is 1. The predicted octanol–water partition coefficient (Wildman–Crippen LogP) is 3.09. The number of carbonyl (C=O) groups is 2. The number of amides is 2. The molecular weight excluding hydrogens is 491 g/mol. The van der Waals surface area contributed by atoms with Gasteiger partial charge in [-0.15, -0.1) is 0 Å². The molecule has 3 rings (SSSR count). The van der Waals surface area contributed by atoms with Crippen LogP contribution in [-0.4, -0.2) is 48.9 Å². The summed E-state index contributed by atoms with van der Waals surface area (Å²) >= 11 is 0. The van der Waals surface area contributed by atoms with Gasteiger partial charge in [0.25, 0.3) is 5.91 Å². The number of ether oxygens (including phenoxy) is 2. The summed E-state index contributed by atoms with van der Waals surface area (Å²) in [6, 6.07) is 5.08. The number of pyridine rings is 1. The Kier molecular flexibility index (Phi) is 7.54. The lowest BCUT2D eigenvalue weighted by atomic mass is 10.1. The molecule has 36 heavy (non-hydrogen) atoms.